The van der Waals surface area contributed by atoms with Crippen molar-refractivity contribution in [2.24, 2.45) is 20.0 Å². The second-order valence-corrected chi connectivity index (χ2v) is 9.47. The van der Waals surface area contributed by atoms with Crippen molar-refractivity contribution in [1.29, 1.82) is 0 Å². The molecule has 166 valence electrons. The van der Waals surface area contributed by atoms with Crippen molar-refractivity contribution < 1.29 is 9.47 Å². The second-order valence-electron chi connectivity index (χ2n) is 9.47. The Kier molecular flexibility index (Phi) is 5.12. The van der Waals surface area contributed by atoms with Gasteiger partial charge in [0.05, 0.1) is 47.7 Å². The van der Waals surface area contributed by atoms with Crippen LogP contribution in [-0.4, -0.2) is 27.4 Å². The predicted octanol–water partition coefficient (Wildman–Crippen LogP) is 3.57. The first-order valence-electron chi connectivity index (χ1n) is 10.7. The smallest absolute Gasteiger partial charge is 0.331 e. The molecular formula is C24H31N3O4. The number of benzene rings is 1. The topological polar surface area (TPSA) is 67.4 Å². The van der Waals surface area contributed by atoms with Gasteiger partial charge in [-0.15, -0.1) is 0 Å². The molecule has 3 heterocycles. The van der Waals surface area contributed by atoms with E-state index in [1.807, 2.05) is 24.3 Å². The van der Waals surface area contributed by atoms with Crippen molar-refractivity contribution >= 4 is 10.9 Å². The van der Waals surface area contributed by atoms with E-state index in [-0.39, 0.29) is 17.4 Å². The first-order chi connectivity index (χ1) is 14.6. The van der Waals surface area contributed by atoms with Gasteiger partial charge >= 0.3 is 5.69 Å². The van der Waals surface area contributed by atoms with Gasteiger partial charge in [0, 0.05) is 14.1 Å². The van der Waals surface area contributed by atoms with Crippen LogP contribution in [0.2, 0.25) is 0 Å². The Hall–Kier alpha value is -2.80. The SMILES string of the molecule is COc1ccc(-c2c3c(=O)n(C)c(=O)n(C)c3c3n2C(C)(C)COC3CC(C)C)cc1. The van der Waals surface area contributed by atoms with Gasteiger partial charge in [0.25, 0.3) is 5.56 Å². The van der Waals surface area contributed by atoms with E-state index >= 15 is 0 Å². The lowest BCUT2D eigenvalue weighted by Gasteiger charge is -2.39. The highest BCUT2D eigenvalue weighted by molar-refractivity contribution is 5.96. The molecule has 0 saturated heterocycles. The molecule has 31 heavy (non-hydrogen) atoms. The fourth-order valence-electron chi connectivity index (χ4n) is 4.70. The monoisotopic (exact) mass is 425 g/mol. The van der Waals surface area contributed by atoms with Crippen LogP contribution in [0, 0.1) is 5.92 Å². The van der Waals surface area contributed by atoms with Crippen LogP contribution in [-0.2, 0) is 24.4 Å². The van der Waals surface area contributed by atoms with Gasteiger partial charge in [0.2, 0.25) is 0 Å². The molecule has 0 spiro atoms. The Balaban J connectivity index is 2.21. The molecule has 7 nitrogen and oxygen atoms in total. The van der Waals surface area contributed by atoms with Crippen molar-refractivity contribution in [3.8, 4) is 17.0 Å². The second kappa shape index (κ2) is 7.41. The van der Waals surface area contributed by atoms with E-state index in [4.69, 9.17) is 9.47 Å². The van der Waals surface area contributed by atoms with Crippen LogP contribution in [0.3, 0.4) is 0 Å². The van der Waals surface area contributed by atoms with E-state index in [1.165, 1.54) is 11.6 Å². The normalized spacial score (nSPS) is 17.9. The van der Waals surface area contributed by atoms with Gasteiger partial charge in [0.1, 0.15) is 5.75 Å². The third kappa shape index (κ3) is 3.22. The summed E-state index contributed by atoms with van der Waals surface area (Å²) in [4.78, 5) is 26.3. The van der Waals surface area contributed by atoms with Gasteiger partial charge in [-0.05, 0) is 56.0 Å². The molecule has 0 bridgehead atoms. The quantitative estimate of drug-likeness (QED) is 0.641. The Morgan fingerprint density at radius 3 is 2.35 bits per heavy atom. The highest BCUT2D eigenvalue weighted by atomic mass is 16.5. The lowest BCUT2D eigenvalue weighted by Crippen LogP contribution is -2.40. The van der Waals surface area contributed by atoms with Crippen LogP contribution < -0.4 is 16.0 Å². The maximum absolute atomic E-state index is 13.4. The number of aromatic nitrogens is 3. The largest absolute Gasteiger partial charge is 0.497 e. The minimum absolute atomic E-state index is 0.194. The van der Waals surface area contributed by atoms with Gasteiger partial charge < -0.3 is 14.0 Å². The van der Waals surface area contributed by atoms with Gasteiger partial charge in [-0.2, -0.15) is 0 Å². The summed E-state index contributed by atoms with van der Waals surface area (Å²) in [5, 5.41) is 0.553. The molecule has 1 unspecified atom stereocenters. The lowest BCUT2D eigenvalue weighted by atomic mass is 9.97. The van der Waals surface area contributed by atoms with E-state index in [0.29, 0.717) is 23.4 Å². The summed E-state index contributed by atoms with van der Waals surface area (Å²) in [5.74, 6) is 1.15. The highest BCUT2D eigenvalue weighted by Crippen LogP contribution is 2.45. The van der Waals surface area contributed by atoms with Gasteiger partial charge in [-0.25, -0.2) is 4.79 Å². The average Bonchev–Trinajstić information content (AvgIpc) is 3.10. The Labute approximate surface area is 181 Å². The number of aryl methyl sites for hydroxylation is 1. The number of fused-ring (bicyclic) bond motifs is 3. The predicted molar refractivity (Wildman–Crippen MR) is 122 cm³/mol. The van der Waals surface area contributed by atoms with E-state index < -0.39 is 5.54 Å². The molecule has 1 aliphatic heterocycles. The maximum atomic E-state index is 13.4. The molecular weight excluding hydrogens is 394 g/mol. The minimum Gasteiger partial charge on any atom is -0.497 e. The molecule has 1 atom stereocenters. The molecule has 2 aromatic heterocycles. The van der Waals surface area contributed by atoms with Crippen LogP contribution in [0.15, 0.2) is 33.9 Å². The van der Waals surface area contributed by atoms with E-state index in [2.05, 4.69) is 32.3 Å². The highest BCUT2D eigenvalue weighted by Gasteiger charge is 2.40. The van der Waals surface area contributed by atoms with E-state index in [9.17, 15) is 9.59 Å². The number of ether oxygens (including phenoxy) is 2. The molecule has 0 aliphatic carbocycles. The molecule has 4 rings (SSSR count). The third-order valence-electron chi connectivity index (χ3n) is 6.21. The zero-order valence-corrected chi connectivity index (χ0v) is 19.4. The number of rotatable bonds is 4. The molecule has 7 heteroatoms. The van der Waals surface area contributed by atoms with Crippen LogP contribution in [0.25, 0.3) is 22.2 Å². The van der Waals surface area contributed by atoms with Crippen molar-refractivity contribution in [2.75, 3.05) is 13.7 Å². The third-order valence-corrected chi connectivity index (χ3v) is 6.21. The molecule has 3 aromatic rings. The summed E-state index contributed by atoms with van der Waals surface area (Å²) in [5.41, 5.74) is 2.29. The number of hydrogen-bond donors (Lipinski definition) is 0. The fraction of sp³-hybridized carbons (Fsp3) is 0.500. The average molecular weight is 426 g/mol. The van der Waals surface area contributed by atoms with E-state index in [0.717, 1.165) is 29.1 Å². The lowest BCUT2D eigenvalue weighted by molar-refractivity contribution is -0.0367. The van der Waals surface area contributed by atoms with Crippen molar-refractivity contribution in [3.05, 3.63) is 50.8 Å². The van der Waals surface area contributed by atoms with Crippen molar-refractivity contribution in [1.82, 2.24) is 13.7 Å². The summed E-state index contributed by atoms with van der Waals surface area (Å²) in [6.45, 7) is 9.05. The van der Waals surface area contributed by atoms with Gasteiger partial charge in [0.15, 0.2) is 0 Å². The maximum Gasteiger partial charge on any atom is 0.331 e. The Morgan fingerprint density at radius 1 is 1.13 bits per heavy atom. The van der Waals surface area contributed by atoms with E-state index in [1.54, 1.807) is 18.7 Å². The number of nitrogens with zero attached hydrogens (tertiary/aromatic N) is 3. The van der Waals surface area contributed by atoms with Crippen LogP contribution in [0.1, 0.15) is 45.9 Å². The standard InChI is InChI=1S/C24H31N3O4/c1-14(2)12-17-20-21-18(22(28)26(6)23(29)25(21)5)19(27(20)24(3,4)13-31-17)15-8-10-16(30-7)11-9-15/h8-11,14,17H,12-13H2,1-7H3. The zero-order chi connectivity index (χ0) is 22.7. The molecule has 1 aromatic carbocycles. The summed E-state index contributed by atoms with van der Waals surface area (Å²) in [7, 11) is 4.90. The minimum atomic E-state index is -0.391. The van der Waals surface area contributed by atoms with Crippen LogP contribution in [0.5, 0.6) is 5.75 Å². The molecule has 0 saturated carbocycles. The first-order valence-corrected chi connectivity index (χ1v) is 10.7. The molecule has 0 fully saturated rings. The van der Waals surface area contributed by atoms with Gasteiger partial charge in [-0.1, -0.05) is 13.8 Å². The zero-order valence-electron chi connectivity index (χ0n) is 19.4. The molecule has 0 N–H and O–H groups in total. The summed E-state index contributed by atoms with van der Waals surface area (Å²) >= 11 is 0. The summed E-state index contributed by atoms with van der Waals surface area (Å²) in [6.07, 6.45) is 0.612. The van der Waals surface area contributed by atoms with Gasteiger partial charge in [-0.3, -0.25) is 13.9 Å². The molecule has 0 radical (unpaired) electrons. The summed E-state index contributed by atoms with van der Waals surface area (Å²) in [6, 6.07) is 7.72. The van der Waals surface area contributed by atoms with Crippen molar-refractivity contribution in [2.45, 2.75) is 45.8 Å². The Morgan fingerprint density at radius 2 is 1.77 bits per heavy atom. The summed E-state index contributed by atoms with van der Waals surface area (Å²) < 4.78 is 16.7. The molecule has 1 aliphatic rings. The fourth-order valence-corrected chi connectivity index (χ4v) is 4.70. The van der Waals surface area contributed by atoms with Crippen LogP contribution in [0.4, 0.5) is 0 Å². The number of methoxy groups -OCH3 is 1. The first kappa shape index (κ1) is 21.4. The number of hydrogen-bond acceptors (Lipinski definition) is 4. The Bertz CT molecular complexity index is 1260. The van der Waals surface area contributed by atoms with Crippen molar-refractivity contribution in [3.63, 3.8) is 0 Å². The molecule has 0 amide bonds. The van der Waals surface area contributed by atoms with Crippen LogP contribution >= 0.6 is 0 Å².